The molecular formula is C12H17N3O5. The van der Waals surface area contributed by atoms with Crippen LogP contribution in [0.5, 0.6) is 0 Å². The van der Waals surface area contributed by atoms with Gasteiger partial charge in [-0.15, -0.1) is 0 Å². The second-order valence-electron chi connectivity index (χ2n) is 4.75. The van der Waals surface area contributed by atoms with Crippen molar-refractivity contribution in [3.8, 4) is 6.07 Å². The molecule has 2 amide bonds. The van der Waals surface area contributed by atoms with E-state index in [4.69, 9.17) is 19.8 Å². The molecule has 2 rings (SSSR count). The molecule has 8 heteroatoms. The number of morpholine rings is 2. The maximum atomic E-state index is 12.3. The second-order valence-corrected chi connectivity index (χ2v) is 4.75. The van der Waals surface area contributed by atoms with Crippen molar-refractivity contribution >= 4 is 12.0 Å². The fourth-order valence-corrected chi connectivity index (χ4v) is 2.31. The lowest BCUT2D eigenvalue weighted by Crippen LogP contribution is -2.55. The van der Waals surface area contributed by atoms with Crippen LogP contribution in [0.15, 0.2) is 0 Å². The zero-order valence-electron chi connectivity index (χ0n) is 11.0. The van der Waals surface area contributed by atoms with Gasteiger partial charge in [-0.3, -0.25) is 4.79 Å². The van der Waals surface area contributed by atoms with Crippen LogP contribution in [0.1, 0.15) is 6.42 Å². The third kappa shape index (κ3) is 3.59. The summed E-state index contributed by atoms with van der Waals surface area (Å²) >= 11 is 0. The van der Waals surface area contributed by atoms with E-state index in [0.717, 1.165) is 0 Å². The molecule has 20 heavy (non-hydrogen) atoms. The molecule has 8 nitrogen and oxygen atoms in total. The molecule has 1 N–H and O–H groups in total. The Morgan fingerprint density at radius 1 is 1.20 bits per heavy atom. The summed E-state index contributed by atoms with van der Waals surface area (Å²) in [7, 11) is 0. The molecule has 2 heterocycles. The van der Waals surface area contributed by atoms with Gasteiger partial charge in [-0.05, 0) is 0 Å². The van der Waals surface area contributed by atoms with Gasteiger partial charge < -0.3 is 24.4 Å². The number of hydrogen-bond acceptors (Lipinski definition) is 5. The van der Waals surface area contributed by atoms with Crippen molar-refractivity contribution in [1.82, 2.24) is 9.80 Å². The summed E-state index contributed by atoms with van der Waals surface area (Å²) in [6.07, 6.45) is -1.19. The van der Waals surface area contributed by atoms with Crippen LogP contribution in [0.25, 0.3) is 0 Å². The van der Waals surface area contributed by atoms with Crippen molar-refractivity contribution in [3.63, 3.8) is 0 Å². The van der Waals surface area contributed by atoms with Gasteiger partial charge in [0.1, 0.15) is 0 Å². The maximum Gasteiger partial charge on any atom is 0.320 e. The SMILES string of the molecule is N#CC1CN(C(=O)N2CCOC(CC(=O)O)C2)CCO1. The van der Waals surface area contributed by atoms with E-state index >= 15 is 0 Å². The number of urea groups is 1. The average Bonchev–Trinajstić information content (AvgIpc) is 2.46. The smallest absolute Gasteiger partial charge is 0.320 e. The monoisotopic (exact) mass is 283 g/mol. The van der Waals surface area contributed by atoms with Crippen LogP contribution in [-0.2, 0) is 14.3 Å². The van der Waals surface area contributed by atoms with Gasteiger partial charge in [-0.1, -0.05) is 0 Å². The zero-order chi connectivity index (χ0) is 14.5. The molecule has 0 aromatic rings. The molecule has 2 saturated heterocycles. The number of aliphatic carboxylic acids is 1. The summed E-state index contributed by atoms with van der Waals surface area (Å²) in [5, 5.41) is 17.6. The lowest BCUT2D eigenvalue weighted by Gasteiger charge is -2.38. The fraction of sp³-hybridized carbons (Fsp3) is 0.750. The van der Waals surface area contributed by atoms with Crippen LogP contribution in [-0.4, -0.2) is 78.5 Å². The van der Waals surface area contributed by atoms with Gasteiger partial charge in [-0.2, -0.15) is 5.26 Å². The van der Waals surface area contributed by atoms with Crippen LogP contribution >= 0.6 is 0 Å². The molecular weight excluding hydrogens is 266 g/mol. The molecule has 110 valence electrons. The molecule has 0 spiro atoms. The van der Waals surface area contributed by atoms with E-state index < -0.39 is 18.2 Å². The van der Waals surface area contributed by atoms with E-state index in [1.165, 1.54) is 0 Å². The summed E-state index contributed by atoms with van der Waals surface area (Å²) in [4.78, 5) is 26.2. The Balaban J connectivity index is 1.91. The normalized spacial score (nSPS) is 26.9. The molecule has 2 unspecified atom stereocenters. The second kappa shape index (κ2) is 6.54. The first-order chi connectivity index (χ1) is 9.60. The Hall–Kier alpha value is -1.85. The van der Waals surface area contributed by atoms with Crippen molar-refractivity contribution in [2.24, 2.45) is 0 Å². The minimum Gasteiger partial charge on any atom is -0.481 e. The number of carbonyl (C=O) groups excluding carboxylic acids is 1. The standard InChI is InChI=1S/C12H17N3O5/c13-6-10-8-15(2-4-20-10)12(18)14-1-3-19-9(7-14)5-11(16)17/h9-10H,1-5,7-8H2,(H,16,17). The van der Waals surface area contributed by atoms with E-state index in [1.54, 1.807) is 9.80 Å². The quantitative estimate of drug-likeness (QED) is 0.733. The van der Waals surface area contributed by atoms with Crippen LogP contribution in [0.2, 0.25) is 0 Å². The van der Waals surface area contributed by atoms with E-state index in [1.807, 2.05) is 6.07 Å². The molecule has 0 aromatic carbocycles. The fourth-order valence-electron chi connectivity index (χ4n) is 2.31. The Bertz CT molecular complexity index is 422. The van der Waals surface area contributed by atoms with Crippen molar-refractivity contribution in [2.45, 2.75) is 18.6 Å². The number of ether oxygens (including phenoxy) is 2. The Morgan fingerprint density at radius 2 is 1.85 bits per heavy atom. The minimum absolute atomic E-state index is 0.117. The number of nitrogens with zero attached hydrogens (tertiary/aromatic N) is 3. The van der Waals surface area contributed by atoms with Gasteiger partial charge >= 0.3 is 12.0 Å². The molecule has 0 aliphatic carbocycles. The maximum absolute atomic E-state index is 12.3. The third-order valence-electron chi connectivity index (χ3n) is 3.29. The average molecular weight is 283 g/mol. The van der Waals surface area contributed by atoms with Crippen LogP contribution in [0.4, 0.5) is 4.79 Å². The summed E-state index contributed by atoms with van der Waals surface area (Å²) < 4.78 is 10.5. The first-order valence-corrected chi connectivity index (χ1v) is 6.48. The topological polar surface area (TPSA) is 103 Å². The van der Waals surface area contributed by atoms with Crippen LogP contribution in [0, 0.1) is 11.3 Å². The highest BCUT2D eigenvalue weighted by Gasteiger charge is 2.31. The van der Waals surface area contributed by atoms with Gasteiger partial charge in [0.25, 0.3) is 0 Å². The molecule has 0 aromatic heterocycles. The Morgan fingerprint density at radius 3 is 2.50 bits per heavy atom. The number of rotatable bonds is 2. The molecule has 2 fully saturated rings. The largest absolute Gasteiger partial charge is 0.481 e. The highest BCUT2D eigenvalue weighted by Crippen LogP contribution is 2.13. The van der Waals surface area contributed by atoms with Gasteiger partial charge in [0.05, 0.1) is 38.4 Å². The lowest BCUT2D eigenvalue weighted by atomic mass is 10.2. The number of amides is 2. The first kappa shape index (κ1) is 14.6. The summed E-state index contributed by atoms with van der Waals surface area (Å²) in [6, 6.07) is 1.80. The molecule has 0 saturated carbocycles. The number of carboxylic acid groups (broad SMARTS) is 1. The van der Waals surface area contributed by atoms with E-state index in [9.17, 15) is 9.59 Å². The van der Waals surface area contributed by atoms with Gasteiger partial charge in [0.2, 0.25) is 0 Å². The summed E-state index contributed by atoms with van der Waals surface area (Å²) in [5.41, 5.74) is 0. The predicted octanol–water partition coefficient (Wildman–Crippen LogP) is -0.494. The number of carboxylic acids is 1. The van der Waals surface area contributed by atoms with Crippen LogP contribution in [0.3, 0.4) is 0 Å². The summed E-state index contributed by atoms with van der Waals surface area (Å²) in [5.74, 6) is -0.944. The molecule has 2 atom stereocenters. The van der Waals surface area contributed by atoms with Gasteiger partial charge in [0, 0.05) is 19.6 Å². The lowest BCUT2D eigenvalue weighted by molar-refractivity contribution is -0.141. The third-order valence-corrected chi connectivity index (χ3v) is 3.29. The molecule has 0 bridgehead atoms. The molecule has 2 aliphatic rings. The van der Waals surface area contributed by atoms with E-state index in [2.05, 4.69) is 0 Å². The van der Waals surface area contributed by atoms with Crippen LogP contribution < -0.4 is 0 Å². The van der Waals surface area contributed by atoms with Gasteiger partial charge in [0.15, 0.2) is 6.10 Å². The van der Waals surface area contributed by atoms with E-state index in [0.29, 0.717) is 26.3 Å². The Kier molecular flexibility index (Phi) is 4.76. The number of nitriles is 1. The van der Waals surface area contributed by atoms with Gasteiger partial charge in [-0.25, -0.2) is 4.79 Å². The molecule has 2 aliphatic heterocycles. The zero-order valence-corrected chi connectivity index (χ0v) is 11.0. The van der Waals surface area contributed by atoms with Crippen molar-refractivity contribution in [3.05, 3.63) is 0 Å². The number of carbonyl (C=O) groups is 2. The minimum atomic E-state index is -0.944. The van der Waals surface area contributed by atoms with Crippen molar-refractivity contribution < 1.29 is 24.2 Å². The highest BCUT2D eigenvalue weighted by molar-refractivity contribution is 5.75. The highest BCUT2D eigenvalue weighted by atomic mass is 16.5. The van der Waals surface area contributed by atoms with Crippen molar-refractivity contribution in [1.29, 1.82) is 5.26 Å². The predicted molar refractivity (Wildman–Crippen MR) is 65.9 cm³/mol. The summed E-state index contributed by atoms with van der Waals surface area (Å²) in [6.45, 7) is 2.06. The van der Waals surface area contributed by atoms with E-state index in [-0.39, 0.29) is 25.5 Å². The first-order valence-electron chi connectivity index (χ1n) is 6.48. The number of hydrogen-bond donors (Lipinski definition) is 1. The Labute approximate surface area is 116 Å². The molecule has 0 radical (unpaired) electrons. The van der Waals surface area contributed by atoms with Crippen molar-refractivity contribution in [2.75, 3.05) is 39.4 Å².